The molecule has 0 aliphatic heterocycles. The summed E-state index contributed by atoms with van der Waals surface area (Å²) in [6.45, 7) is 0. The first kappa shape index (κ1) is 10.1. The third kappa shape index (κ3) is 1.15. The lowest BCUT2D eigenvalue weighted by molar-refractivity contribution is -0.143. The Kier molecular flexibility index (Phi) is 1.88. The third-order valence-corrected chi connectivity index (χ3v) is 4.60. The quantitative estimate of drug-likeness (QED) is 0.828. The van der Waals surface area contributed by atoms with E-state index >= 15 is 0 Å². The smallest absolute Gasteiger partial charge is 0.307 e. The van der Waals surface area contributed by atoms with E-state index in [2.05, 4.69) is 30.3 Å². The van der Waals surface area contributed by atoms with Gasteiger partial charge in [-0.1, -0.05) is 30.3 Å². The number of hydrogen-bond acceptors (Lipinski definition) is 1. The van der Waals surface area contributed by atoms with Crippen LogP contribution in [0.3, 0.4) is 0 Å². The Bertz CT molecular complexity index is 672. The van der Waals surface area contributed by atoms with E-state index in [0.29, 0.717) is 0 Å². The molecule has 0 fully saturated rings. The lowest BCUT2D eigenvalue weighted by Gasteiger charge is -2.28. The number of benzene rings is 2. The highest BCUT2D eigenvalue weighted by atomic mass is 16.4. The van der Waals surface area contributed by atoms with Crippen molar-refractivity contribution >= 4 is 16.7 Å². The van der Waals surface area contributed by atoms with Crippen molar-refractivity contribution in [2.75, 3.05) is 0 Å². The second kappa shape index (κ2) is 3.35. The third-order valence-electron chi connectivity index (χ3n) is 4.60. The van der Waals surface area contributed by atoms with Crippen molar-refractivity contribution < 1.29 is 9.90 Å². The van der Waals surface area contributed by atoms with Gasteiger partial charge in [0.25, 0.3) is 0 Å². The van der Waals surface area contributed by atoms with Gasteiger partial charge in [0.2, 0.25) is 0 Å². The second-order valence-electron chi connectivity index (χ2n) is 5.45. The summed E-state index contributed by atoms with van der Waals surface area (Å²) in [4.78, 5) is 11.4. The van der Waals surface area contributed by atoms with E-state index < -0.39 is 5.97 Å². The molecule has 90 valence electrons. The molecule has 0 saturated carbocycles. The lowest BCUT2D eigenvalue weighted by atomic mass is 9.75. The summed E-state index contributed by atoms with van der Waals surface area (Å²) in [7, 11) is 0. The molecule has 0 bridgehead atoms. The first-order valence-electron chi connectivity index (χ1n) is 6.52. The minimum Gasteiger partial charge on any atom is -0.481 e. The Labute approximate surface area is 105 Å². The molecule has 2 heteroatoms. The van der Waals surface area contributed by atoms with Crippen molar-refractivity contribution in [1.29, 1.82) is 0 Å². The van der Waals surface area contributed by atoms with E-state index in [1.807, 2.05) is 0 Å². The maximum absolute atomic E-state index is 11.4. The van der Waals surface area contributed by atoms with Crippen LogP contribution >= 0.6 is 0 Å². The van der Waals surface area contributed by atoms with Gasteiger partial charge in [0.15, 0.2) is 0 Å². The predicted octanol–water partition coefficient (Wildman–Crippen LogP) is 3.13. The topological polar surface area (TPSA) is 37.3 Å². The number of carbonyl (C=O) groups is 1. The van der Waals surface area contributed by atoms with Crippen LogP contribution in [0.4, 0.5) is 0 Å². The molecule has 0 spiro atoms. The second-order valence-corrected chi connectivity index (χ2v) is 5.45. The maximum atomic E-state index is 11.4. The number of carboxylic acid groups (broad SMARTS) is 1. The van der Waals surface area contributed by atoms with Gasteiger partial charge < -0.3 is 5.11 Å². The highest BCUT2D eigenvalue weighted by Gasteiger charge is 2.39. The monoisotopic (exact) mass is 238 g/mol. The molecule has 18 heavy (non-hydrogen) atoms. The fourth-order valence-corrected chi connectivity index (χ4v) is 3.83. The molecule has 2 aromatic rings. The van der Waals surface area contributed by atoms with Crippen molar-refractivity contribution in [2.24, 2.45) is 5.92 Å². The SMILES string of the molecule is O=C(O)[C@@H]1CCc2ccc3cccc4c3c2[C@@H]1C4. The van der Waals surface area contributed by atoms with Gasteiger partial charge in [-0.05, 0) is 46.7 Å². The van der Waals surface area contributed by atoms with Crippen LogP contribution in [0, 0.1) is 5.92 Å². The molecular weight excluding hydrogens is 224 g/mol. The number of carboxylic acids is 1. The predicted molar refractivity (Wildman–Crippen MR) is 69.8 cm³/mol. The Hall–Kier alpha value is -1.83. The normalized spacial score (nSPS) is 24.4. The fraction of sp³-hybridized carbons (Fsp3) is 0.312. The molecule has 2 atom stereocenters. The average molecular weight is 238 g/mol. The molecule has 0 unspecified atom stereocenters. The molecular formula is C16H14O2. The molecule has 2 aliphatic rings. The summed E-state index contributed by atoms with van der Waals surface area (Å²) in [5, 5.41) is 12.0. The molecule has 0 aromatic heterocycles. The van der Waals surface area contributed by atoms with E-state index in [1.54, 1.807) is 0 Å². The van der Waals surface area contributed by atoms with Crippen LogP contribution in [0.5, 0.6) is 0 Å². The molecule has 2 aromatic carbocycles. The molecule has 4 rings (SSSR count). The summed E-state index contributed by atoms with van der Waals surface area (Å²) < 4.78 is 0. The van der Waals surface area contributed by atoms with Crippen molar-refractivity contribution in [3.05, 3.63) is 47.0 Å². The standard InChI is InChI=1S/C16H14O2/c17-16(18)12-7-6-10-5-4-9-2-1-3-11-8-13(12)15(10)14(9)11/h1-5,12-13H,6-8H2,(H,17,18)/t12-,13-/m1/s1. The lowest BCUT2D eigenvalue weighted by Crippen LogP contribution is -2.26. The summed E-state index contributed by atoms with van der Waals surface area (Å²) >= 11 is 0. The maximum Gasteiger partial charge on any atom is 0.307 e. The summed E-state index contributed by atoms with van der Waals surface area (Å²) in [6.07, 6.45) is 2.60. The minimum atomic E-state index is -0.629. The van der Waals surface area contributed by atoms with Crippen LogP contribution in [0.2, 0.25) is 0 Å². The van der Waals surface area contributed by atoms with E-state index in [1.165, 1.54) is 27.5 Å². The van der Waals surface area contributed by atoms with Crippen LogP contribution in [0.25, 0.3) is 10.8 Å². The molecule has 2 aliphatic carbocycles. The van der Waals surface area contributed by atoms with Crippen molar-refractivity contribution in [3.63, 3.8) is 0 Å². The first-order valence-corrected chi connectivity index (χ1v) is 6.52. The summed E-state index contributed by atoms with van der Waals surface area (Å²) in [6, 6.07) is 10.7. The number of rotatable bonds is 1. The first-order chi connectivity index (χ1) is 8.75. The van der Waals surface area contributed by atoms with Crippen molar-refractivity contribution in [1.82, 2.24) is 0 Å². The highest BCUT2D eigenvalue weighted by Crippen LogP contribution is 2.48. The molecule has 0 amide bonds. The van der Waals surface area contributed by atoms with E-state index in [-0.39, 0.29) is 11.8 Å². The summed E-state index contributed by atoms with van der Waals surface area (Å²) in [5.41, 5.74) is 4.04. The van der Waals surface area contributed by atoms with E-state index in [0.717, 1.165) is 19.3 Å². The number of aryl methyl sites for hydroxylation is 1. The number of hydrogen-bond donors (Lipinski definition) is 1. The van der Waals surface area contributed by atoms with Gasteiger partial charge in [-0.2, -0.15) is 0 Å². The number of aliphatic carboxylic acids is 1. The van der Waals surface area contributed by atoms with Gasteiger partial charge in [-0.25, -0.2) is 0 Å². The molecule has 1 N–H and O–H groups in total. The zero-order valence-corrected chi connectivity index (χ0v) is 10.0. The summed E-state index contributed by atoms with van der Waals surface area (Å²) in [5.74, 6) is -0.627. The van der Waals surface area contributed by atoms with Gasteiger partial charge in [0.1, 0.15) is 0 Å². The van der Waals surface area contributed by atoms with Crippen LogP contribution in [-0.2, 0) is 17.6 Å². The molecule has 2 nitrogen and oxygen atoms in total. The van der Waals surface area contributed by atoms with Gasteiger partial charge >= 0.3 is 5.97 Å². The van der Waals surface area contributed by atoms with Gasteiger partial charge in [0, 0.05) is 5.92 Å². The Morgan fingerprint density at radius 2 is 2.06 bits per heavy atom. The van der Waals surface area contributed by atoms with Crippen molar-refractivity contribution in [3.8, 4) is 0 Å². The Morgan fingerprint density at radius 1 is 1.17 bits per heavy atom. The van der Waals surface area contributed by atoms with Crippen LogP contribution in [0.1, 0.15) is 29.0 Å². The average Bonchev–Trinajstić information content (AvgIpc) is 2.76. The van der Waals surface area contributed by atoms with Gasteiger partial charge in [-0.3, -0.25) is 4.79 Å². The van der Waals surface area contributed by atoms with Crippen LogP contribution in [-0.4, -0.2) is 11.1 Å². The van der Waals surface area contributed by atoms with Gasteiger partial charge in [0.05, 0.1) is 5.92 Å². The molecule has 0 radical (unpaired) electrons. The Balaban J connectivity index is 2.03. The minimum absolute atomic E-state index is 0.199. The van der Waals surface area contributed by atoms with Crippen LogP contribution < -0.4 is 0 Å². The van der Waals surface area contributed by atoms with E-state index in [4.69, 9.17) is 0 Å². The van der Waals surface area contributed by atoms with Crippen LogP contribution in [0.15, 0.2) is 30.3 Å². The highest BCUT2D eigenvalue weighted by molar-refractivity contribution is 5.93. The van der Waals surface area contributed by atoms with E-state index in [9.17, 15) is 9.90 Å². The van der Waals surface area contributed by atoms with Crippen molar-refractivity contribution in [2.45, 2.75) is 25.2 Å². The zero-order chi connectivity index (χ0) is 12.3. The largest absolute Gasteiger partial charge is 0.481 e. The zero-order valence-electron chi connectivity index (χ0n) is 10.0. The van der Waals surface area contributed by atoms with Gasteiger partial charge in [-0.15, -0.1) is 0 Å². The molecule has 0 heterocycles. The fourth-order valence-electron chi connectivity index (χ4n) is 3.83. The molecule has 0 saturated heterocycles. The Morgan fingerprint density at radius 3 is 2.89 bits per heavy atom.